The molecule has 1 N–H and O–H groups in total. The third kappa shape index (κ3) is 2.56. The molecule has 1 amide bonds. The third-order valence-electron chi connectivity index (χ3n) is 5.47. The molecule has 1 aliphatic carbocycles. The standard InChI is InChI=1S/C19H22N2O2/c22-18-12-16(20-15-9-3-2-8-14(15)18)19(23)21-11-5-7-13-6-1-4-10-17(13)21/h2-3,8-9,12-13,17H,1,4-7,10-11H2,(H,20,22)/t13-,17+/m0/s1. The van der Waals surface area contributed by atoms with E-state index in [1.807, 2.05) is 23.1 Å². The molecule has 2 aromatic rings. The number of aromatic nitrogens is 1. The molecule has 0 unspecified atom stereocenters. The Kier molecular flexibility index (Phi) is 3.68. The second-order valence-electron chi connectivity index (χ2n) is 6.85. The molecule has 1 aromatic carbocycles. The van der Waals surface area contributed by atoms with Gasteiger partial charge in [0, 0.05) is 29.6 Å². The van der Waals surface area contributed by atoms with Crippen molar-refractivity contribution in [1.29, 1.82) is 0 Å². The van der Waals surface area contributed by atoms with Gasteiger partial charge in [0.05, 0.1) is 0 Å². The van der Waals surface area contributed by atoms with Crippen molar-refractivity contribution in [3.8, 4) is 0 Å². The number of rotatable bonds is 1. The van der Waals surface area contributed by atoms with Crippen LogP contribution in [0.25, 0.3) is 10.9 Å². The summed E-state index contributed by atoms with van der Waals surface area (Å²) in [4.78, 5) is 30.5. The lowest BCUT2D eigenvalue weighted by Crippen LogP contribution is -2.50. The van der Waals surface area contributed by atoms with E-state index in [0.717, 1.165) is 24.9 Å². The first-order chi connectivity index (χ1) is 11.2. The summed E-state index contributed by atoms with van der Waals surface area (Å²) in [6, 6.07) is 9.20. The Morgan fingerprint density at radius 1 is 1.09 bits per heavy atom. The van der Waals surface area contributed by atoms with Crippen LogP contribution in [-0.2, 0) is 0 Å². The van der Waals surface area contributed by atoms with Crippen LogP contribution < -0.4 is 5.43 Å². The maximum atomic E-state index is 13.0. The van der Waals surface area contributed by atoms with Crippen molar-refractivity contribution in [1.82, 2.24) is 9.88 Å². The predicted molar refractivity (Wildman–Crippen MR) is 90.6 cm³/mol. The predicted octanol–water partition coefficient (Wildman–Crippen LogP) is 3.32. The zero-order chi connectivity index (χ0) is 15.8. The molecule has 120 valence electrons. The molecule has 0 bridgehead atoms. The molecule has 0 spiro atoms. The van der Waals surface area contributed by atoms with Crippen molar-refractivity contribution < 1.29 is 4.79 Å². The number of hydrogen-bond acceptors (Lipinski definition) is 2. The van der Waals surface area contributed by atoms with E-state index in [4.69, 9.17) is 0 Å². The number of carbonyl (C=O) groups excluding carboxylic acids is 1. The number of pyridine rings is 1. The summed E-state index contributed by atoms with van der Waals surface area (Å²) in [6.07, 6.45) is 7.15. The highest BCUT2D eigenvalue weighted by molar-refractivity contribution is 5.95. The molecule has 23 heavy (non-hydrogen) atoms. The van der Waals surface area contributed by atoms with Crippen LogP contribution in [0.5, 0.6) is 0 Å². The number of benzene rings is 1. The molecular formula is C19H22N2O2. The molecule has 2 fully saturated rings. The number of carbonyl (C=O) groups is 1. The van der Waals surface area contributed by atoms with Gasteiger partial charge >= 0.3 is 0 Å². The summed E-state index contributed by atoms with van der Waals surface area (Å²) in [5.74, 6) is 0.637. The van der Waals surface area contributed by atoms with Crippen molar-refractivity contribution in [2.24, 2.45) is 5.92 Å². The minimum Gasteiger partial charge on any atom is -0.350 e. The second-order valence-corrected chi connectivity index (χ2v) is 6.85. The minimum atomic E-state index is -0.0834. The summed E-state index contributed by atoms with van der Waals surface area (Å²) in [7, 11) is 0. The molecule has 4 rings (SSSR count). The van der Waals surface area contributed by atoms with E-state index >= 15 is 0 Å². The Morgan fingerprint density at radius 2 is 1.87 bits per heavy atom. The van der Waals surface area contributed by atoms with Gasteiger partial charge in [-0.3, -0.25) is 9.59 Å². The van der Waals surface area contributed by atoms with Crippen LogP contribution in [-0.4, -0.2) is 28.4 Å². The maximum absolute atomic E-state index is 13.0. The molecule has 1 saturated heterocycles. The van der Waals surface area contributed by atoms with Crippen LogP contribution >= 0.6 is 0 Å². The molecule has 4 heteroatoms. The number of para-hydroxylation sites is 1. The smallest absolute Gasteiger partial charge is 0.270 e. The second kappa shape index (κ2) is 5.84. The fraction of sp³-hybridized carbons (Fsp3) is 0.474. The number of piperidine rings is 1. The van der Waals surface area contributed by atoms with Crippen molar-refractivity contribution in [3.05, 3.63) is 46.2 Å². The largest absolute Gasteiger partial charge is 0.350 e. The van der Waals surface area contributed by atoms with Gasteiger partial charge in [0.25, 0.3) is 5.91 Å². The maximum Gasteiger partial charge on any atom is 0.270 e. The zero-order valence-corrected chi connectivity index (χ0v) is 13.3. The fourth-order valence-corrected chi connectivity index (χ4v) is 4.34. The van der Waals surface area contributed by atoms with Gasteiger partial charge in [-0.1, -0.05) is 25.0 Å². The first-order valence-corrected chi connectivity index (χ1v) is 8.67. The zero-order valence-electron chi connectivity index (χ0n) is 13.3. The van der Waals surface area contributed by atoms with Crippen LogP contribution in [0.2, 0.25) is 0 Å². The Hall–Kier alpha value is -2.10. The number of hydrogen-bond donors (Lipinski definition) is 1. The van der Waals surface area contributed by atoms with Gasteiger partial charge in [0.15, 0.2) is 5.43 Å². The van der Waals surface area contributed by atoms with E-state index in [9.17, 15) is 9.59 Å². The fourth-order valence-electron chi connectivity index (χ4n) is 4.34. The average Bonchev–Trinajstić information content (AvgIpc) is 2.60. The summed E-state index contributed by atoms with van der Waals surface area (Å²) in [5, 5.41) is 0.637. The molecule has 2 heterocycles. The Labute approximate surface area is 135 Å². The third-order valence-corrected chi connectivity index (χ3v) is 5.47. The molecule has 2 atom stereocenters. The van der Waals surface area contributed by atoms with Crippen LogP contribution in [0, 0.1) is 5.92 Å². The highest BCUT2D eigenvalue weighted by Gasteiger charge is 2.36. The van der Waals surface area contributed by atoms with Crippen LogP contribution in [0.15, 0.2) is 35.1 Å². The van der Waals surface area contributed by atoms with Gasteiger partial charge < -0.3 is 9.88 Å². The summed E-state index contributed by atoms with van der Waals surface area (Å²) in [6.45, 7) is 0.814. The highest BCUT2D eigenvalue weighted by Crippen LogP contribution is 2.35. The normalized spacial score (nSPS) is 24.4. The van der Waals surface area contributed by atoms with Gasteiger partial charge in [0.1, 0.15) is 5.69 Å². The van der Waals surface area contributed by atoms with Gasteiger partial charge in [-0.15, -0.1) is 0 Å². The Balaban J connectivity index is 1.69. The quantitative estimate of drug-likeness (QED) is 0.878. The van der Waals surface area contributed by atoms with E-state index in [0.29, 0.717) is 23.0 Å². The summed E-state index contributed by atoms with van der Waals surface area (Å²) >= 11 is 0. The Bertz CT molecular complexity index is 793. The minimum absolute atomic E-state index is 0.00977. The average molecular weight is 310 g/mol. The van der Waals surface area contributed by atoms with Crippen molar-refractivity contribution in [2.45, 2.75) is 44.6 Å². The number of nitrogens with zero attached hydrogens (tertiary/aromatic N) is 1. The SMILES string of the molecule is O=C(c1cc(=O)c2ccccc2[nH]1)N1CCC[C@@H]2CCCC[C@H]21. The van der Waals surface area contributed by atoms with E-state index in [2.05, 4.69) is 4.98 Å². The van der Waals surface area contributed by atoms with Crippen molar-refractivity contribution in [3.63, 3.8) is 0 Å². The van der Waals surface area contributed by atoms with Gasteiger partial charge in [-0.05, 0) is 43.7 Å². The lowest BCUT2D eigenvalue weighted by molar-refractivity contribution is 0.0385. The summed E-state index contributed by atoms with van der Waals surface area (Å²) in [5.41, 5.74) is 1.08. The first-order valence-electron chi connectivity index (χ1n) is 8.67. The van der Waals surface area contributed by atoms with Gasteiger partial charge in [0.2, 0.25) is 0 Å². The number of fused-ring (bicyclic) bond motifs is 2. The molecule has 4 nitrogen and oxygen atoms in total. The monoisotopic (exact) mass is 310 g/mol. The lowest BCUT2D eigenvalue weighted by Gasteiger charge is -2.44. The topological polar surface area (TPSA) is 53.2 Å². The molecule has 1 saturated carbocycles. The van der Waals surface area contributed by atoms with Crippen LogP contribution in [0.4, 0.5) is 0 Å². The number of nitrogens with one attached hydrogen (secondary N) is 1. The number of amides is 1. The van der Waals surface area contributed by atoms with E-state index in [-0.39, 0.29) is 11.3 Å². The van der Waals surface area contributed by atoms with Crippen LogP contribution in [0.3, 0.4) is 0 Å². The van der Waals surface area contributed by atoms with E-state index < -0.39 is 0 Å². The number of aromatic amines is 1. The van der Waals surface area contributed by atoms with E-state index in [1.54, 1.807) is 6.07 Å². The number of likely N-dealkylation sites (tertiary alicyclic amines) is 1. The lowest BCUT2D eigenvalue weighted by atomic mass is 9.78. The van der Waals surface area contributed by atoms with Gasteiger partial charge in [-0.25, -0.2) is 0 Å². The van der Waals surface area contributed by atoms with Crippen molar-refractivity contribution in [2.75, 3.05) is 6.54 Å². The molecule has 2 aliphatic rings. The number of H-pyrrole nitrogens is 1. The highest BCUT2D eigenvalue weighted by atomic mass is 16.2. The van der Waals surface area contributed by atoms with Crippen molar-refractivity contribution >= 4 is 16.8 Å². The van der Waals surface area contributed by atoms with Gasteiger partial charge in [-0.2, -0.15) is 0 Å². The van der Waals surface area contributed by atoms with E-state index in [1.165, 1.54) is 31.7 Å². The Morgan fingerprint density at radius 3 is 2.78 bits per heavy atom. The molecule has 1 aromatic heterocycles. The first kappa shape index (κ1) is 14.5. The van der Waals surface area contributed by atoms with Crippen LogP contribution in [0.1, 0.15) is 49.0 Å². The molecule has 1 aliphatic heterocycles. The molecule has 0 radical (unpaired) electrons. The molecular weight excluding hydrogens is 288 g/mol. The summed E-state index contributed by atoms with van der Waals surface area (Å²) < 4.78 is 0.